The highest BCUT2D eigenvalue weighted by Gasteiger charge is 2.17. The lowest BCUT2D eigenvalue weighted by Crippen LogP contribution is -2.28. The number of rotatable bonds is 1. The molecule has 1 aliphatic rings. The van der Waals surface area contributed by atoms with Gasteiger partial charge in [0.15, 0.2) is 0 Å². The van der Waals surface area contributed by atoms with Crippen molar-refractivity contribution in [2.24, 2.45) is 0 Å². The Morgan fingerprint density at radius 2 is 1.86 bits per heavy atom. The first-order valence-electron chi connectivity index (χ1n) is 4.82. The van der Waals surface area contributed by atoms with Gasteiger partial charge < -0.3 is 0 Å². The smallest absolute Gasteiger partial charge is 0.231 e. The zero-order valence-electron chi connectivity index (χ0n) is 8.23. The molecule has 0 unspecified atom stereocenters. The van der Waals surface area contributed by atoms with E-state index in [-0.39, 0.29) is 5.91 Å². The first-order chi connectivity index (χ1) is 6.77. The molecule has 1 aromatic rings. The van der Waals surface area contributed by atoms with Crippen LogP contribution >= 0.6 is 0 Å². The van der Waals surface area contributed by atoms with Crippen LogP contribution in [0.5, 0.6) is 0 Å². The van der Waals surface area contributed by atoms with Crippen LogP contribution in [0.25, 0.3) is 0 Å². The summed E-state index contributed by atoms with van der Waals surface area (Å²) in [5.74, 6) is 0.182. The Bertz CT molecular complexity index is 367. The highest BCUT2D eigenvalue weighted by atomic mass is 16.2. The second-order valence-corrected chi connectivity index (χ2v) is 3.57. The van der Waals surface area contributed by atoms with Crippen molar-refractivity contribution in [3.63, 3.8) is 0 Å². The summed E-state index contributed by atoms with van der Waals surface area (Å²) in [6.07, 6.45) is 3.45. The summed E-state index contributed by atoms with van der Waals surface area (Å²) in [4.78, 5) is 13.4. The number of hydrogen-bond acceptors (Lipinski definition) is 1. The van der Waals surface area contributed by atoms with E-state index in [0.717, 1.165) is 12.1 Å². The van der Waals surface area contributed by atoms with Crippen molar-refractivity contribution in [2.75, 3.05) is 4.90 Å². The Balaban J connectivity index is 2.34. The lowest BCUT2D eigenvalue weighted by Gasteiger charge is -2.23. The summed E-state index contributed by atoms with van der Waals surface area (Å²) in [6.45, 7) is 2.06. The Labute approximate surface area is 83.8 Å². The predicted molar refractivity (Wildman–Crippen MR) is 56.9 cm³/mol. The molecule has 2 heteroatoms. The maximum absolute atomic E-state index is 11.6. The lowest BCUT2D eigenvalue weighted by atomic mass is 10.1. The topological polar surface area (TPSA) is 20.3 Å². The minimum atomic E-state index is 0.182. The normalized spacial score (nSPS) is 16.8. The summed E-state index contributed by atoms with van der Waals surface area (Å²) in [5.41, 5.74) is 2.21. The van der Waals surface area contributed by atoms with Gasteiger partial charge in [-0.2, -0.15) is 0 Å². The van der Waals surface area contributed by atoms with E-state index < -0.39 is 0 Å². The molecule has 1 aromatic carbocycles. The highest BCUT2D eigenvalue weighted by Crippen LogP contribution is 2.22. The van der Waals surface area contributed by atoms with Crippen LogP contribution in [-0.2, 0) is 4.79 Å². The SMILES string of the molecule is CC1=CN(c2ccccc2)C(=O)CC1. The van der Waals surface area contributed by atoms with Gasteiger partial charge in [0.05, 0.1) is 0 Å². The van der Waals surface area contributed by atoms with Crippen LogP contribution in [0.15, 0.2) is 42.1 Å². The van der Waals surface area contributed by atoms with Crippen molar-refractivity contribution in [1.29, 1.82) is 0 Å². The van der Waals surface area contributed by atoms with Gasteiger partial charge in [0.1, 0.15) is 0 Å². The molecule has 0 aromatic heterocycles. The number of carbonyl (C=O) groups excluding carboxylic acids is 1. The van der Waals surface area contributed by atoms with Gasteiger partial charge >= 0.3 is 0 Å². The molecule has 0 saturated heterocycles. The molecule has 0 spiro atoms. The molecule has 1 amide bonds. The third-order valence-electron chi connectivity index (χ3n) is 2.39. The van der Waals surface area contributed by atoms with Crippen molar-refractivity contribution in [2.45, 2.75) is 19.8 Å². The van der Waals surface area contributed by atoms with E-state index in [1.165, 1.54) is 5.57 Å². The zero-order chi connectivity index (χ0) is 9.97. The average molecular weight is 187 g/mol. The van der Waals surface area contributed by atoms with Gasteiger partial charge in [0.2, 0.25) is 5.91 Å². The molecule has 0 atom stereocenters. The van der Waals surface area contributed by atoms with E-state index >= 15 is 0 Å². The first kappa shape index (κ1) is 9.00. The maximum Gasteiger partial charge on any atom is 0.231 e. The molecular weight excluding hydrogens is 174 g/mol. The quantitative estimate of drug-likeness (QED) is 0.662. The number of amides is 1. The standard InChI is InChI=1S/C12H13NO/c1-10-7-8-12(14)13(9-10)11-5-3-2-4-6-11/h2-6,9H,7-8H2,1H3. The van der Waals surface area contributed by atoms with E-state index in [1.807, 2.05) is 36.5 Å². The van der Waals surface area contributed by atoms with Crippen LogP contribution in [0.3, 0.4) is 0 Å². The number of anilines is 1. The van der Waals surface area contributed by atoms with Crippen LogP contribution in [0.1, 0.15) is 19.8 Å². The summed E-state index contributed by atoms with van der Waals surface area (Å²) >= 11 is 0. The summed E-state index contributed by atoms with van der Waals surface area (Å²) in [5, 5.41) is 0. The summed E-state index contributed by atoms with van der Waals surface area (Å²) < 4.78 is 0. The Kier molecular flexibility index (Phi) is 2.35. The van der Waals surface area contributed by atoms with Crippen molar-refractivity contribution in [1.82, 2.24) is 0 Å². The minimum absolute atomic E-state index is 0.182. The van der Waals surface area contributed by atoms with Crippen molar-refractivity contribution in [3.05, 3.63) is 42.1 Å². The van der Waals surface area contributed by atoms with Gasteiger partial charge in [-0.05, 0) is 25.5 Å². The third-order valence-corrected chi connectivity index (χ3v) is 2.39. The number of hydrogen-bond donors (Lipinski definition) is 0. The highest BCUT2D eigenvalue weighted by molar-refractivity contribution is 5.96. The van der Waals surface area contributed by atoms with Gasteiger partial charge in [0, 0.05) is 18.3 Å². The van der Waals surface area contributed by atoms with E-state index in [1.54, 1.807) is 4.90 Å². The van der Waals surface area contributed by atoms with Crippen LogP contribution < -0.4 is 4.90 Å². The Morgan fingerprint density at radius 1 is 1.14 bits per heavy atom. The fraction of sp³-hybridized carbons (Fsp3) is 0.250. The van der Waals surface area contributed by atoms with Crippen LogP contribution in [0.2, 0.25) is 0 Å². The number of benzene rings is 1. The van der Waals surface area contributed by atoms with Gasteiger partial charge in [-0.3, -0.25) is 9.69 Å². The van der Waals surface area contributed by atoms with Crippen LogP contribution in [0, 0.1) is 0 Å². The average Bonchev–Trinajstić information content (AvgIpc) is 2.23. The molecule has 0 radical (unpaired) electrons. The third kappa shape index (κ3) is 1.69. The predicted octanol–water partition coefficient (Wildman–Crippen LogP) is 2.72. The monoisotopic (exact) mass is 187 g/mol. The molecular formula is C12H13NO. The van der Waals surface area contributed by atoms with E-state index in [2.05, 4.69) is 6.92 Å². The van der Waals surface area contributed by atoms with Gasteiger partial charge in [-0.25, -0.2) is 0 Å². The molecule has 0 N–H and O–H groups in total. The fourth-order valence-corrected chi connectivity index (χ4v) is 1.59. The van der Waals surface area contributed by atoms with Gasteiger partial charge in [0.25, 0.3) is 0 Å². The number of allylic oxidation sites excluding steroid dienone is 1. The van der Waals surface area contributed by atoms with Crippen molar-refractivity contribution in [3.8, 4) is 0 Å². The number of carbonyl (C=O) groups is 1. The molecule has 2 nitrogen and oxygen atoms in total. The molecule has 0 aliphatic carbocycles. The molecule has 0 fully saturated rings. The van der Waals surface area contributed by atoms with E-state index in [0.29, 0.717) is 6.42 Å². The van der Waals surface area contributed by atoms with Gasteiger partial charge in [-0.1, -0.05) is 23.8 Å². The molecule has 1 aliphatic heterocycles. The van der Waals surface area contributed by atoms with Crippen LogP contribution in [0.4, 0.5) is 5.69 Å². The molecule has 2 rings (SSSR count). The van der Waals surface area contributed by atoms with Gasteiger partial charge in [-0.15, -0.1) is 0 Å². The van der Waals surface area contributed by atoms with E-state index in [4.69, 9.17) is 0 Å². The lowest BCUT2D eigenvalue weighted by molar-refractivity contribution is -0.118. The molecule has 0 bridgehead atoms. The summed E-state index contributed by atoms with van der Waals surface area (Å²) in [7, 11) is 0. The maximum atomic E-state index is 11.6. The molecule has 14 heavy (non-hydrogen) atoms. The Hall–Kier alpha value is -1.57. The fourth-order valence-electron chi connectivity index (χ4n) is 1.59. The van der Waals surface area contributed by atoms with Crippen LogP contribution in [-0.4, -0.2) is 5.91 Å². The second-order valence-electron chi connectivity index (χ2n) is 3.57. The zero-order valence-corrected chi connectivity index (χ0v) is 8.23. The number of para-hydroxylation sites is 1. The minimum Gasteiger partial charge on any atom is -0.288 e. The van der Waals surface area contributed by atoms with Crippen molar-refractivity contribution < 1.29 is 4.79 Å². The Morgan fingerprint density at radius 3 is 2.57 bits per heavy atom. The molecule has 72 valence electrons. The van der Waals surface area contributed by atoms with E-state index in [9.17, 15) is 4.79 Å². The first-order valence-corrected chi connectivity index (χ1v) is 4.82. The number of nitrogens with zero attached hydrogens (tertiary/aromatic N) is 1. The summed E-state index contributed by atoms with van der Waals surface area (Å²) in [6, 6.07) is 9.75. The second kappa shape index (κ2) is 3.66. The molecule has 1 heterocycles. The molecule has 0 saturated carbocycles. The van der Waals surface area contributed by atoms with Crippen molar-refractivity contribution >= 4 is 11.6 Å². The largest absolute Gasteiger partial charge is 0.288 e.